The predicted octanol–water partition coefficient (Wildman–Crippen LogP) is 9.87. The van der Waals surface area contributed by atoms with Crippen LogP contribution in [0.2, 0.25) is 0 Å². The van der Waals surface area contributed by atoms with Crippen molar-refractivity contribution in [2.45, 2.75) is 26.2 Å². The Morgan fingerprint density at radius 1 is 0.571 bits per heavy atom. The quantitative estimate of drug-likeness (QED) is 0.169. The van der Waals surface area contributed by atoms with Crippen molar-refractivity contribution in [3.8, 4) is 44.8 Å². The monoisotopic (exact) mass is 727 g/mol. The molecular weight excluding hydrogens is 696 g/mol. The summed E-state index contributed by atoms with van der Waals surface area (Å²) in [5.74, 6) is -0.278. The average Bonchev–Trinajstić information content (AvgIpc) is 3.02. The minimum Gasteiger partial charge on any atom is -0.305 e. The van der Waals surface area contributed by atoms with Crippen molar-refractivity contribution in [3.63, 3.8) is 0 Å². The van der Waals surface area contributed by atoms with E-state index in [9.17, 15) is 4.39 Å². The van der Waals surface area contributed by atoms with E-state index in [1.807, 2.05) is 48.7 Å². The van der Waals surface area contributed by atoms with E-state index in [1.54, 1.807) is 12.3 Å². The number of rotatable bonds is 4. The molecular formula is C38H31FIrN2-2. The number of halogens is 1. The molecule has 2 heterocycles. The minimum absolute atomic E-state index is 0. The van der Waals surface area contributed by atoms with Gasteiger partial charge >= 0.3 is 0 Å². The van der Waals surface area contributed by atoms with Crippen molar-refractivity contribution in [2.24, 2.45) is 0 Å². The first-order valence-electron chi connectivity index (χ1n) is 13.6. The van der Waals surface area contributed by atoms with Crippen LogP contribution in [0.15, 0.2) is 134 Å². The molecule has 0 amide bonds. The Labute approximate surface area is 261 Å². The number of pyridine rings is 2. The number of nitrogens with zero attached hydrogens (tertiary/aromatic N) is 2. The summed E-state index contributed by atoms with van der Waals surface area (Å²) in [6.07, 6.45) is 3.57. The zero-order chi connectivity index (χ0) is 28.7. The molecule has 0 fully saturated rings. The predicted molar refractivity (Wildman–Crippen MR) is 167 cm³/mol. The molecule has 0 spiro atoms. The third-order valence-electron chi connectivity index (χ3n) is 6.76. The first-order chi connectivity index (χ1) is 19.9. The normalized spacial score (nSPS) is 10.7. The molecule has 211 valence electrons. The van der Waals surface area contributed by atoms with Gasteiger partial charge in [0.05, 0.1) is 0 Å². The molecule has 6 aromatic rings. The summed E-state index contributed by atoms with van der Waals surface area (Å²) in [6, 6.07) is 45.8. The molecule has 4 heteroatoms. The number of benzene rings is 4. The van der Waals surface area contributed by atoms with Crippen LogP contribution in [0.3, 0.4) is 0 Å². The van der Waals surface area contributed by atoms with E-state index in [2.05, 4.69) is 104 Å². The summed E-state index contributed by atoms with van der Waals surface area (Å²) in [5.41, 5.74) is 9.94. The number of hydrogen-bond donors (Lipinski definition) is 0. The van der Waals surface area contributed by atoms with E-state index in [1.165, 1.54) is 34.4 Å². The van der Waals surface area contributed by atoms with Crippen molar-refractivity contribution >= 4 is 0 Å². The SMILES string of the molecule is CC(C)(C)c1ccc(-c2ccc(-c3ccnc(-c4[c-]cccc4)c3)cc2)cc1.Fc1c[c-]c(-c2ccccn2)cc1.[Ir]. The maximum absolute atomic E-state index is 12.6. The second-order valence-electron chi connectivity index (χ2n) is 10.7. The molecule has 0 N–H and O–H groups in total. The van der Waals surface area contributed by atoms with Crippen LogP contribution in [0.5, 0.6) is 0 Å². The molecule has 0 saturated carbocycles. The molecule has 0 aliphatic carbocycles. The number of aromatic nitrogens is 2. The van der Waals surface area contributed by atoms with Gasteiger partial charge in [-0.15, -0.1) is 65.7 Å². The third kappa shape index (κ3) is 7.94. The molecule has 2 nitrogen and oxygen atoms in total. The van der Waals surface area contributed by atoms with Crippen LogP contribution in [-0.4, -0.2) is 9.97 Å². The van der Waals surface area contributed by atoms with Crippen molar-refractivity contribution in [3.05, 3.63) is 157 Å². The molecule has 1 radical (unpaired) electrons. The van der Waals surface area contributed by atoms with Crippen molar-refractivity contribution in [2.75, 3.05) is 0 Å². The van der Waals surface area contributed by atoms with Gasteiger partial charge in [0.2, 0.25) is 0 Å². The Bertz CT molecular complexity index is 1680. The van der Waals surface area contributed by atoms with Crippen LogP contribution in [0, 0.1) is 17.9 Å². The fourth-order valence-corrected chi connectivity index (χ4v) is 4.42. The first-order valence-corrected chi connectivity index (χ1v) is 13.6. The van der Waals surface area contributed by atoms with Crippen molar-refractivity contribution in [1.82, 2.24) is 9.97 Å². The summed E-state index contributed by atoms with van der Waals surface area (Å²) < 4.78 is 12.6. The second-order valence-corrected chi connectivity index (χ2v) is 10.7. The van der Waals surface area contributed by atoms with Gasteiger partial charge in [0.1, 0.15) is 0 Å². The van der Waals surface area contributed by atoms with Crippen LogP contribution in [0.25, 0.3) is 44.8 Å². The molecule has 0 saturated heterocycles. The molecule has 6 rings (SSSR count). The van der Waals surface area contributed by atoms with Crippen molar-refractivity contribution in [1.29, 1.82) is 0 Å². The van der Waals surface area contributed by atoms with Crippen LogP contribution in [0.4, 0.5) is 4.39 Å². The van der Waals surface area contributed by atoms with E-state index in [0.29, 0.717) is 0 Å². The average molecular weight is 727 g/mol. The standard InChI is InChI=1S/C27H24N.C11H7FN.Ir/c1-27(2,3)25-15-13-21(14-16-25)20-9-11-22(12-10-20)24-17-18-28-26(19-24)23-7-5-4-6-8-23;12-10-6-4-9(5-7-10)11-3-1-2-8-13-11;/h4-7,9-19H,1-3H3;1-4,6-8H;/q2*-1;. The van der Waals surface area contributed by atoms with E-state index in [4.69, 9.17) is 0 Å². The fourth-order valence-electron chi connectivity index (χ4n) is 4.42. The Hall–Kier alpha value is -4.24. The zero-order valence-electron chi connectivity index (χ0n) is 23.8. The summed E-state index contributed by atoms with van der Waals surface area (Å²) >= 11 is 0. The third-order valence-corrected chi connectivity index (χ3v) is 6.76. The van der Waals surface area contributed by atoms with Gasteiger partial charge in [0.25, 0.3) is 0 Å². The Balaban J connectivity index is 0.000000243. The van der Waals surface area contributed by atoms with Gasteiger partial charge < -0.3 is 9.97 Å². The van der Waals surface area contributed by atoms with Crippen LogP contribution >= 0.6 is 0 Å². The van der Waals surface area contributed by atoms with Gasteiger partial charge in [0, 0.05) is 38.3 Å². The summed E-state index contributed by atoms with van der Waals surface area (Å²) in [4.78, 5) is 8.62. The van der Waals surface area contributed by atoms with Crippen molar-refractivity contribution < 1.29 is 24.5 Å². The van der Waals surface area contributed by atoms with E-state index < -0.39 is 0 Å². The Morgan fingerprint density at radius 2 is 1.19 bits per heavy atom. The molecule has 0 aliphatic rings. The topological polar surface area (TPSA) is 25.8 Å². The largest absolute Gasteiger partial charge is 0.305 e. The van der Waals surface area contributed by atoms with E-state index >= 15 is 0 Å². The summed E-state index contributed by atoms with van der Waals surface area (Å²) in [7, 11) is 0. The Morgan fingerprint density at radius 3 is 1.76 bits per heavy atom. The van der Waals surface area contributed by atoms with Gasteiger partial charge in [-0.05, 0) is 56.8 Å². The molecule has 0 aliphatic heterocycles. The van der Waals surface area contributed by atoms with Crippen LogP contribution in [0.1, 0.15) is 26.3 Å². The van der Waals surface area contributed by atoms with Gasteiger partial charge in [0.15, 0.2) is 0 Å². The summed E-state index contributed by atoms with van der Waals surface area (Å²) in [5, 5.41) is 0. The maximum Gasteiger partial charge on any atom is 0.0379 e. The molecule has 42 heavy (non-hydrogen) atoms. The maximum atomic E-state index is 12.6. The Kier molecular flexibility index (Phi) is 10.3. The fraction of sp³-hybridized carbons (Fsp3) is 0.105. The van der Waals surface area contributed by atoms with Gasteiger partial charge in [-0.1, -0.05) is 87.5 Å². The van der Waals surface area contributed by atoms with Gasteiger partial charge in [-0.25, -0.2) is 0 Å². The first kappa shape index (κ1) is 30.7. The zero-order valence-corrected chi connectivity index (χ0v) is 26.2. The van der Waals surface area contributed by atoms with Crippen LogP contribution < -0.4 is 0 Å². The molecule has 2 aromatic heterocycles. The smallest absolute Gasteiger partial charge is 0.0379 e. The number of hydrogen-bond acceptors (Lipinski definition) is 2. The molecule has 0 bridgehead atoms. The van der Waals surface area contributed by atoms with E-state index in [-0.39, 0.29) is 31.3 Å². The van der Waals surface area contributed by atoms with E-state index in [0.717, 1.165) is 28.1 Å². The second kappa shape index (κ2) is 14.1. The van der Waals surface area contributed by atoms with Crippen LogP contribution in [-0.2, 0) is 25.5 Å². The van der Waals surface area contributed by atoms with Gasteiger partial charge in [-0.3, -0.25) is 4.39 Å². The molecule has 0 atom stereocenters. The molecule has 4 aromatic carbocycles. The molecule has 0 unspecified atom stereocenters. The summed E-state index contributed by atoms with van der Waals surface area (Å²) in [6.45, 7) is 6.73. The minimum atomic E-state index is -0.278. The van der Waals surface area contributed by atoms with Gasteiger partial charge in [-0.2, -0.15) is 0 Å².